The normalized spacial score (nSPS) is 19.1. The van der Waals surface area contributed by atoms with E-state index in [2.05, 4.69) is 27.3 Å². The van der Waals surface area contributed by atoms with E-state index in [0.717, 1.165) is 27.0 Å². The van der Waals surface area contributed by atoms with Crippen LogP contribution in [0, 0.1) is 0 Å². The predicted molar refractivity (Wildman–Crippen MR) is 81.8 cm³/mol. The highest BCUT2D eigenvalue weighted by Gasteiger charge is 2.29. The molecule has 1 N–H and O–H groups in total. The maximum Gasteiger partial charge on any atom is 0.231 e. The third-order valence-corrected chi connectivity index (χ3v) is 4.33. The largest absolute Gasteiger partial charge is 0.454 e. The molecule has 0 aliphatic carbocycles. The van der Waals surface area contributed by atoms with Gasteiger partial charge in [-0.2, -0.15) is 0 Å². The average Bonchev–Trinajstić information content (AvgIpc) is 2.91. The molecule has 2 heterocycles. The fourth-order valence-electron chi connectivity index (χ4n) is 2.87. The zero-order chi connectivity index (χ0) is 14.4. The van der Waals surface area contributed by atoms with Crippen LogP contribution in [-0.4, -0.2) is 12.7 Å². The Morgan fingerprint density at radius 3 is 2.76 bits per heavy atom. The van der Waals surface area contributed by atoms with Crippen LogP contribution in [0.15, 0.2) is 40.9 Å². The lowest BCUT2D eigenvalue weighted by molar-refractivity contribution is -0.116. The number of nitrogens with one attached hydrogen (secondary N) is 1. The summed E-state index contributed by atoms with van der Waals surface area (Å²) in [6.45, 7) is 0.230. The van der Waals surface area contributed by atoms with Gasteiger partial charge in [0.1, 0.15) is 0 Å². The van der Waals surface area contributed by atoms with Crippen LogP contribution in [0.4, 0.5) is 5.69 Å². The highest BCUT2D eigenvalue weighted by molar-refractivity contribution is 9.10. The number of hydrogen-bond donors (Lipinski definition) is 1. The van der Waals surface area contributed by atoms with E-state index in [1.54, 1.807) is 0 Å². The summed E-state index contributed by atoms with van der Waals surface area (Å²) in [7, 11) is 0. The van der Waals surface area contributed by atoms with E-state index in [9.17, 15) is 4.79 Å². The second kappa shape index (κ2) is 4.77. The van der Waals surface area contributed by atoms with Gasteiger partial charge in [-0.15, -0.1) is 0 Å². The summed E-state index contributed by atoms with van der Waals surface area (Å²) in [6.07, 6.45) is 0.434. The standard InChI is InChI=1S/C16H12BrNO3/c17-10-3-1-2-9(4-10)11-6-16(19)18-13-7-15-14(5-12(11)13)20-8-21-15/h1-5,7,11H,6,8H2,(H,18,19)/t11-/m0/s1. The Bertz CT molecular complexity index is 744. The summed E-state index contributed by atoms with van der Waals surface area (Å²) in [4.78, 5) is 12.0. The fraction of sp³-hybridized carbons (Fsp3) is 0.188. The lowest BCUT2D eigenvalue weighted by atomic mass is 9.84. The third-order valence-electron chi connectivity index (χ3n) is 3.83. The van der Waals surface area contributed by atoms with Gasteiger partial charge in [-0.1, -0.05) is 28.1 Å². The van der Waals surface area contributed by atoms with Crippen molar-refractivity contribution in [2.45, 2.75) is 12.3 Å². The highest BCUT2D eigenvalue weighted by atomic mass is 79.9. The molecule has 1 atom stereocenters. The Hall–Kier alpha value is -2.01. The van der Waals surface area contributed by atoms with Gasteiger partial charge in [0.05, 0.1) is 0 Å². The SMILES string of the molecule is O=C1C[C@@H](c2cccc(Br)c2)c2cc3c(cc2N1)OCO3. The van der Waals surface area contributed by atoms with E-state index in [1.807, 2.05) is 30.3 Å². The van der Waals surface area contributed by atoms with Crippen molar-refractivity contribution in [1.29, 1.82) is 0 Å². The molecule has 2 aliphatic rings. The predicted octanol–water partition coefficient (Wildman–Crippen LogP) is 3.65. The Balaban J connectivity index is 1.85. The number of carbonyl (C=O) groups excluding carboxylic acids is 1. The van der Waals surface area contributed by atoms with Crippen LogP contribution < -0.4 is 14.8 Å². The van der Waals surface area contributed by atoms with E-state index in [0.29, 0.717) is 12.2 Å². The summed E-state index contributed by atoms with van der Waals surface area (Å²) < 4.78 is 11.8. The van der Waals surface area contributed by atoms with Gasteiger partial charge >= 0.3 is 0 Å². The van der Waals surface area contributed by atoms with Crippen molar-refractivity contribution in [2.24, 2.45) is 0 Å². The molecule has 0 saturated carbocycles. The molecule has 0 unspecified atom stereocenters. The fourth-order valence-corrected chi connectivity index (χ4v) is 3.29. The minimum Gasteiger partial charge on any atom is -0.454 e. The minimum atomic E-state index is 0.0198. The zero-order valence-electron chi connectivity index (χ0n) is 11.1. The smallest absolute Gasteiger partial charge is 0.231 e. The summed E-state index contributed by atoms with van der Waals surface area (Å²) >= 11 is 3.49. The summed E-state index contributed by atoms with van der Waals surface area (Å²) in [6, 6.07) is 11.9. The molecule has 0 spiro atoms. The zero-order valence-corrected chi connectivity index (χ0v) is 12.6. The molecule has 106 valence electrons. The Morgan fingerprint density at radius 1 is 1.14 bits per heavy atom. The van der Waals surface area contributed by atoms with Crippen molar-refractivity contribution in [3.63, 3.8) is 0 Å². The molecule has 5 heteroatoms. The van der Waals surface area contributed by atoms with Crippen molar-refractivity contribution >= 4 is 27.5 Å². The van der Waals surface area contributed by atoms with Crippen molar-refractivity contribution < 1.29 is 14.3 Å². The molecule has 2 aromatic carbocycles. The maximum atomic E-state index is 12.0. The van der Waals surface area contributed by atoms with Gasteiger partial charge in [0.15, 0.2) is 11.5 Å². The van der Waals surface area contributed by atoms with Crippen LogP contribution >= 0.6 is 15.9 Å². The first-order valence-corrected chi connectivity index (χ1v) is 7.49. The number of hydrogen-bond acceptors (Lipinski definition) is 3. The Kier molecular flexibility index (Phi) is 2.89. The first kappa shape index (κ1) is 12.7. The number of benzene rings is 2. The van der Waals surface area contributed by atoms with Crippen LogP contribution in [0.5, 0.6) is 11.5 Å². The van der Waals surface area contributed by atoms with Gasteiger partial charge in [0.25, 0.3) is 0 Å². The Labute approximate surface area is 130 Å². The van der Waals surface area contributed by atoms with E-state index < -0.39 is 0 Å². The van der Waals surface area contributed by atoms with Crippen LogP contribution in [0.3, 0.4) is 0 Å². The third kappa shape index (κ3) is 2.17. The van der Waals surface area contributed by atoms with Gasteiger partial charge in [0.2, 0.25) is 12.7 Å². The lowest BCUT2D eigenvalue weighted by Gasteiger charge is -2.26. The monoisotopic (exact) mass is 345 g/mol. The molecule has 2 aliphatic heterocycles. The minimum absolute atomic E-state index is 0.0198. The molecule has 0 saturated heterocycles. The van der Waals surface area contributed by atoms with Gasteiger partial charge in [-0.3, -0.25) is 4.79 Å². The number of halogens is 1. The van der Waals surface area contributed by atoms with Crippen LogP contribution in [-0.2, 0) is 4.79 Å². The van der Waals surface area contributed by atoms with Gasteiger partial charge in [-0.05, 0) is 29.3 Å². The highest BCUT2D eigenvalue weighted by Crippen LogP contribution is 2.44. The van der Waals surface area contributed by atoms with Crippen molar-refractivity contribution in [2.75, 3.05) is 12.1 Å². The second-order valence-corrected chi connectivity index (χ2v) is 6.07. The van der Waals surface area contributed by atoms with Crippen molar-refractivity contribution in [3.8, 4) is 11.5 Å². The number of fused-ring (bicyclic) bond motifs is 2. The molecular formula is C16H12BrNO3. The summed E-state index contributed by atoms with van der Waals surface area (Å²) in [5.41, 5.74) is 2.98. The molecule has 0 aromatic heterocycles. The number of ether oxygens (including phenoxy) is 2. The summed E-state index contributed by atoms with van der Waals surface area (Å²) in [5.74, 6) is 1.47. The number of anilines is 1. The maximum absolute atomic E-state index is 12.0. The second-order valence-electron chi connectivity index (χ2n) is 5.15. The van der Waals surface area contributed by atoms with Gasteiger partial charge in [-0.25, -0.2) is 0 Å². The van der Waals surface area contributed by atoms with Crippen molar-refractivity contribution in [1.82, 2.24) is 0 Å². The van der Waals surface area contributed by atoms with Gasteiger partial charge < -0.3 is 14.8 Å². The molecule has 0 bridgehead atoms. The van der Waals surface area contributed by atoms with Crippen LogP contribution in [0.1, 0.15) is 23.5 Å². The quantitative estimate of drug-likeness (QED) is 0.857. The molecular weight excluding hydrogens is 334 g/mol. The molecule has 0 radical (unpaired) electrons. The molecule has 2 aromatic rings. The summed E-state index contributed by atoms with van der Waals surface area (Å²) in [5, 5.41) is 2.92. The van der Waals surface area contributed by atoms with Crippen LogP contribution in [0.25, 0.3) is 0 Å². The average molecular weight is 346 g/mol. The van der Waals surface area contributed by atoms with E-state index >= 15 is 0 Å². The molecule has 0 fully saturated rings. The molecule has 21 heavy (non-hydrogen) atoms. The van der Waals surface area contributed by atoms with E-state index in [1.165, 1.54) is 0 Å². The number of amides is 1. The van der Waals surface area contributed by atoms with E-state index in [4.69, 9.17) is 9.47 Å². The number of carbonyl (C=O) groups is 1. The molecule has 1 amide bonds. The first-order valence-electron chi connectivity index (χ1n) is 6.69. The number of rotatable bonds is 1. The first-order chi connectivity index (χ1) is 10.2. The Morgan fingerprint density at radius 2 is 1.95 bits per heavy atom. The molecule has 4 rings (SSSR count). The van der Waals surface area contributed by atoms with E-state index in [-0.39, 0.29) is 18.6 Å². The van der Waals surface area contributed by atoms with Crippen LogP contribution in [0.2, 0.25) is 0 Å². The molecule has 4 nitrogen and oxygen atoms in total. The van der Waals surface area contributed by atoms with Crippen molar-refractivity contribution in [3.05, 3.63) is 52.0 Å². The lowest BCUT2D eigenvalue weighted by Crippen LogP contribution is -2.23. The van der Waals surface area contributed by atoms with Gasteiger partial charge in [0, 0.05) is 28.6 Å². The topological polar surface area (TPSA) is 47.6 Å².